The number of imide groups is 1. The maximum Gasteiger partial charge on any atom is 0.344 e. The largest absolute Gasteiger partial charge is 0.497 e. The molecule has 1 heterocycles. The van der Waals surface area contributed by atoms with Gasteiger partial charge in [-0.25, -0.2) is 4.79 Å². The molecular formula is C21H23N3O4S. The number of hydrogen-bond acceptors (Lipinski definition) is 5. The summed E-state index contributed by atoms with van der Waals surface area (Å²) in [7, 11) is 1.52. The van der Waals surface area contributed by atoms with Crippen LogP contribution in [0.25, 0.3) is 0 Å². The normalized spacial score (nSPS) is 18.6. The van der Waals surface area contributed by atoms with Gasteiger partial charge in [-0.1, -0.05) is 18.2 Å². The van der Waals surface area contributed by atoms with Crippen LogP contribution in [0.4, 0.5) is 4.79 Å². The minimum absolute atomic E-state index is 0.0788. The summed E-state index contributed by atoms with van der Waals surface area (Å²) < 4.78 is 5.19. The molecule has 0 spiro atoms. The van der Waals surface area contributed by atoms with E-state index in [4.69, 9.17) is 4.74 Å². The maximum absolute atomic E-state index is 12.9. The Morgan fingerprint density at radius 2 is 1.93 bits per heavy atom. The lowest BCUT2D eigenvalue weighted by atomic mass is 9.92. The maximum atomic E-state index is 12.9. The second-order valence-electron chi connectivity index (χ2n) is 7.00. The first-order valence-corrected chi connectivity index (χ1v) is 10.0. The lowest BCUT2D eigenvalue weighted by molar-refractivity contribution is -0.138. The molecule has 7 nitrogen and oxygen atoms in total. The van der Waals surface area contributed by atoms with Crippen molar-refractivity contribution in [1.82, 2.24) is 15.8 Å². The molecular weight excluding hydrogens is 390 g/mol. The number of nitrogens with zero attached hydrogens (tertiary/aromatic N) is 1. The number of ether oxygens (including phenoxy) is 1. The summed E-state index contributed by atoms with van der Waals surface area (Å²) >= 11 is 1.34. The molecule has 29 heavy (non-hydrogen) atoms. The van der Waals surface area contributed by atoms with Crippen molar-refractivity contribution in [3.8, 4) is 5.75 Å². The molecule has 2 N–H and O–H groups in total. The molecule has 1 saturated heterocycles. The minimum atomic E-state index is -1.29. The zero-order valence-electron chi connectivity index (χ0n) is 16.7. The van der Waals surface area contributed by atoms with Gasteiger partial charge in [-0.3, -0.25) is 15.0 Å². The zero-order valence-corrected chi connectivity index (χ0v) is 17.6. The third-order valence-electron chi connectivity index (χ3n) is 4.92. The number of nitrogens with one attached hydrogen (secondary N) is 2. The van der Waals surface area contributed by atoms with Crippen molar-refractivity contribution >= 4 is 29.6 Å². The summed E-state index contributed by atoms with van der Waals surface area (Å²) in [6.07, 6.45) is 0. The van der Waals surface area contributed by atoms with Gasteiger partial charge < -0.3 is 10.1 Å². The minimum Gasteiger partial charge on any atom is -0.497 e. The topological polar surface area (TPSA) is 87.7 Å². The van der Waals surface area contributed by atoms with E-state index in [0.717, 1.165) is 15.5 Å². The first-order valence-electron chi connectivity index (χ1n) is 9.05. The van der Waals surface area contributed by atoms with Crippen molar-refractivity contribution in [3.63, 3.8) is 0 Å². The van der Waals surface area contributed by atoms with Gasteiger partial charge >= 0.3 is 6.03 Å². The van der Waals surface area contributed by atoms with Crippen LogP contribution in [-0.2, 0) is 15.1 Å². The molecule has 1 atom stereocenters. The number of urea groups is 1. The highest BCUT2D eigenvalue weighted by atomic mass is 32.2. The average molecular weight is 413 g/mol. The number of carbonyl (C=O) groups is 3. The quantitative estimate of drug-likeness (QED) is 0.562. The molecule has 152 valence electrons. The molecule has 2 aromatic rings. The Balaban J connectivity index is 1.67. The highest BCUT2D eigenvalue weighted by Crippen LogP contribution is 2.30. The van der Waals surface area contributed by atoms with Gasteiger partial charge in [0.2, 0.25) is 5.91 Å². The Morgan fingerprint density at radius 3 is 2.62 bits per heavy atom. The van der Waals surface area contributed by atoms with Gasteiger partial charge in [0, 0.05) is 4.90 Å². The van der Waals surface area contributed by atoms with E-state index in [1.807, 2.05) is 32.0 Å². The fourth-order valence-electron chi connectivity index (χ4n) is 2.98. The highest BCUT2D eigenvalue weighted by molar-refractivity contribution is 8.00. The van der Waals surface area contributed by atoms with Crippen molar-refractivity contribution in [1.29, 1.82) is 0 Å². The molecule has 8 heteroatoms. The summed E-state index contributed by atoms with van der Waals surface area (Å²) in [6.45, 7) is 5.62. The van der Waals surface area contributed by atoms with Crippen LogP contribution in [0, 0.1) is 13.8 Å². The van der Waals surface area contributed by atoms with Gasteiger partial charge in [0.15, 0.2) is 0 Å². The number of carbonyl (C=O) groups excluding carboxylic acids is 3. The van der Waals surface area contributed by atoms with Crippen molar-refractivity contribution in [3.05, 3.63) is 59.2 Å². The Hall–Kier alpha value is -3.00. The number of thioether (sulfide) groups is 1. The molecule has 0 aromatic heterocycles. The van der Waals surface area contributed by atoms with Crippen LogP contribution >= 0.6 is 11.8 Å². The van der Waals surface area contributed by atoms with E-state index >= 15 is 0 Å². The third kappa shape index (κ3) is 4.22. The van der Waals surface area contributed by atoms with Crippen LogP contribution in [0.5, 0.6) is 5.75 Å². The van der Waals surface area contributed by atoms with E-state index in [-0.39, 0.29) is 5.75 Å². The van der Waals surface area contributed by atoms with Gasteiger partial charge in [0.25, 0.3) is 5.91 Å². The number of hydrazine groups is 1. The van der Waals surface area contributed by atoms with E-state index in [2.05, 4.69) is 10.7 Å². The summed E-state index contributed by atoms with van der Waals surface area (Å²) in [5.41, 5.74) is 4.00. The van der Waals surface area contributed by atoms with Crippen molar-refractivity contribution < 1.29 is 19.1 Å². The Bertz CT molecular complexity index is 978. The van der Waals surface area contributed by atoms with E-state index in [1.54, 1.807) is 31.2 Å². The van der Waals surface area contributed by atoms with Gasteiger partial charge in [-0.15, -0.1) is 11.8 Å². The van der Waals surface area contributed by atoms with Gasteiger partial charge in [-0.2, -0.15) is 5.01 Å². The highest BCUT2D eigenvalue weighted by Gasteiger charge is 2.50. The third-order valence-corrected chi connectivity index (χ3v) is 5.92. The number of aryl methyl sites for hydroxylation is 2. The van der Waals surface area contributed by atoms with Gasteiger partial charge in [-0.05, 0) is 61.7 Å². The van der Waals surface area contributed by atoms with Crippen molar-refractivity contribution in [2.75, 3.05) is 12.9 Å². The predicted molar refractivity (Wildman–Crippen MR) is 111 cm³/mol. The molecule has 0 unspecified atom stereocenters. The van der Waals surface area contributed by atoms with E-state index in [1.165, 1.54) is 24.4 Å². The number of hydrogen-bond donors (Lipinski definition) is 2. The molecule has 1 aliphatic rings. The lowest BCUT2D eigenvalue weighted by Crippen LogP contribution is -2.48. The molecule has 0 radical (unpaired) electrons. The number of methoxy groups -OCH3 is 1. The molecule has 2 aromatic carbocycles. The molecule has 3 rings (SSSR count). The van der Waals surface area contributed by atoms with Crippen LogP contribution < -0.4 is 15.5 Å². The monoisotopic (exact) mass is 413 g/mol. The summed E-state index contributed by atoms with van der Waals surface area (Å²) in [5.74, 6) is -0.347. The van der Waals surface area contributed by atoms with Crippen LogP contribution in [-0.4, -0.2) is 35.7 Å². The molecule has 1 aliphatic heterocycles. The van der Waals surface area contributed by atoms with Crippen molar-refractivity contribution in [2.45, 2.75) is 31.2 Å². The van der Waals surface area contributed by atoms with E-state index in [0.29, 0.717) is 11.3 Å². The zero-order chi connectivity index (χ0) is 21.2. The SMILES string of the molecule is COc1cccc([C@]2(C)NC(=O)N(NC(=O)CSc3ccc(C)c(C)c3)C2=O)c1. The van der Waals surface area contributed by atoms with Crippen LogP contribution in [0.3, 0.4) is 0 Å². The fourth-order valence-corrected chi connectivity index (χ4v) is 3.77. The number of amides is 4. The Morgan fingerprint density at radius 1 is 1.17 bits per heavy atom. The standard InChI is InChI=1S/C21H23N3O4S/c1-13-8-9-17(10-14(13)2)29-12-18(25)23-24-19(26)21(3,22-20(24)27)15-6-5-7-16(11-15)28-4/h5-11H,12H2,1-4H3,(H,22,27)(H,23,25)/t21-/m0/s1. The van der Waals surface area contributed by atoms with E-state index in [9.17, 15) is 14.4 Å². The van der Waals surface area contributed by atoms with E-state index < -0.39 is 23.4 Å². The fraction of sp³-hybridized carbons (Fsp3) is 0.286. The number of rotatable bonds is 6. The second-order valence-corrected chi connectivity index (χ2v) is 8.05. The Kier molecular flexibility index (Phi) is 5.83. The lowest BCUT2D eigenvalue weighted by Gasteiger charge is -2.22. The second kappa shape index (κ2) is 8.16. The van der Waals surface area contributed by atoms with Crippen LogP contribution in [0.1, 0.15) is 23.6 Å². The molecule has 0 saturated carbocycles. The average Bonchev–Trinajstić information content (AvgIpc) is 2.93. The van der Waals surface area contributed by atoms with Gasteiger partial charge in [0.1, 0.15) is 11.3 Å². The molecule has 0 bridgehead atoms. The Labute approximate surface area is 173 Å². The van der Waals surface area contributed by atoms with Gasteiger partial charge in [0.05, 0.1) is 12.9 Å². The van der Waals surface area contributed by atoms with Crippen molar-refractivity contribution in [2.24, 2.45) is 0 Å². The summed E-state index contributed by atoms with van der Waals surface area (Å²) in [6, 6.07) is 12.1. The molecule has 0 aliphatic carbocycles. The molecule has 4 amide bonds. The number of benzene rings is 2. The summed E-state index contributed by atoms with van der Waals surface area (Å²) in [4.78, 5) is 38.6. The predicted octanol–water partition coefficient (Wildman–Crippen LogP) is 2.90. The molecule has 1 fully saturated rings. The van der Waals surface area contributed by atoms with Crippen LogP contribution in [0.2, 0.25) is 0 Å². The summed E-state index contributed by atoms with van der Waals surface area (Å²) in [5, 5.41) is 3.39. The first-order chi connectivity index (χ1) is 13.7. The smallest absolute Gasteiger partial charge is 0.344 e. The first kappa shape index (κ1) is 20.7. The van der Waals surface area contributed by atoms with Crippen LogP contribution in [0.15, 0.2) is 47.4 Å².